The summed E-state index contributed by atoms with van der Waals surface area (Å²) in [6, 6.07) is 8.05. The molecule has 1 fully saturated rings. The standard InChI is InChI=1S/C16H25N3O2/c1-12(17-2)14-3-5-15(6-4-14)19-16(20)18-9-7-13-8-10-21-11-13/h3-6,12-13,17H,7-11H2,1-2H3,(H2,18,19,20). The Labute approximate surface area is 126 Å². The van der Waals surface area contributed by atoms with Gasteiger partial charge in [0.05, 0.1) is 0 Å². The second-order valence-corrected chi connectivity index (χ2v) is 5.53. The highest BCUT2D eigenvalue weighted by Gasteiger charge is 2.15. The molecule has 5 nitrogen and oxygen atoms in total. The smallest absolute Gasteiger partial charge is 0.319 e. The van der Waals surface area contributed by atoms with Crippen molar-refractivity contribution in [2.24, 2.45) is 5.92 Å². The SMILES string of the molecule is CNC(C)c1ccc(NC(=O)NCCC2CCOC2)cc1. The quantitative estimate of drug-likeness (QED) is 0.754. The van der Waals surface area contributed by atoms with Crippen molar-refractivity contribution in [3.8, 4) is 0 Å². The summed E-state index contributed by atoms with van der Waals surface area (Å²) in [5.41, 5.74) is 2.01. The molecule has 0 bridgehead atoms. The first-order valence-electron chi connectivity index (χ1n) is 7.59. The molecule has 0 radical (unpaired) electrons. The zero-order valence-electron chi connectivity index (χ0n) is 12.8. The van der Waals surface area contributed by atoms with Gasteiger partial charge in [-0.3, -0.25) is 0 Å². The van der Waals surface area contributed by atoms with Gasteiger partial charge in [0.15, 0.2) is 0 Å². The van der Waals surface area contributed by atoms with Gasteiger partial charge in [0.25, 0.3) is 0 Å². The van der Waals surface area contributed by atoms with Crippen LogP contribution >= 0.6 is 0 Å². The van der Waals surface area contributed by atoms with Crippen LogP contribution in [0.3, 0.4) is 0 Å². The molecule has 116 valence electrons. The number of anilines is 1. The van der Waals surface area contributed by atoms with Gasteiger partial charge in [-0.25, -0.2) is 4.79 Å². The van der Waals surface area contributed by atoms with E-state index in [1.807, 2.05) is 31.3 Å². The number of nitrogens with one attached hydrogen (secondary N) is 3. The Morgan fingerprint density at radius 1 is 1.38 bits per heavy atom. The summed E-state index contributed by atoms with van der Waals surface area (Å²) in [4.78, 5) is 11.8. The monoisotopic (exact) mass is 291 g/mol. The third-order valence-corrected chi connectivity index (χ3v) is 3.96. The van der Waals surface area contributed by atoms with Crippen LogP contribution in [-0.2, 0) is 4.74 Å². The second kappa shape index (κ2) is 8.00. The van der Waals surface area contributed by atoms with Gasteiger partial charge in [-0.05, 0) is 50.4 Å². The number of carbonyl (C=O) groups excluding carboxylic acids is 1. The molecule has 0 spiro atoms. The zero-order chi connectivity index (χ0) is 15.1. The molecule has 2 unspecified atom stereocenters. The molecule has 1 saturated heterocycles. The van der Waals surface area contributed by atoms with E-state index in [4.69, 9.17) is 4.74 Å². The molecule has 3 N–H and O–H groups in total. The molecule has 1 aromatic rings. The maximum Gasteiger partial charge on any atom is 0.319 e. The molecular weight excluding hydrogens is 266 g/mol. The Bertz CT molecular complexity index is 441. The summed E-state index contributed by atoms with van der Waals surface area (Å²) in [5, 5.41) is 8.92. The van der Waals surface area contributed by atoms with Crippen molar-refractivity contribution in [1.29, 1.82) is 0 Å². The first-order chi connectivity index (χ1) is 10.2. The van der Waals surface area contributed by atoms with Gasteiger partial charge in [-0.1, -0.05) is 12.1 Å². The Morgan fingerprint density at radius 2 is 2.14 bits per heavy atom. The Kier molecular flexibility index (Phi) is 6.02. The van der Waals surface area contributed by atoms with Crippen LogP contribution in [0.15, 0.2) is 24.3 Å². The number of hydrogen-bond donors (Lipinski definition) is 3. The topological polar surface area (TPSA) is 62.4 Å². The van der Waals surface area contributed by atoms with Crippen molar-refractivity contribution >= 4 is 11.7 Å². The molecule has 2 atom stereocenters. The molecule has 0 aliphatic carbocycles. The van der Waals surface area contributed by atoms with Crippen LogP contribution < -0.4 is 16.0 Å². The Morgan fingerprint density at radius 3 is 2.76 bits per heavy atom. The van der Waals surface area contributed by atoms with E-state index in [1.165, 1.54) is 5.56 Å². The van der Waals surface area contributed by atoms with Crippen LogP contribution in [0.4, 0.5) is 10.5 Å². The van der Waals surface area contributed by atoms with E-state index in [0.717, 1.165) is 31.7 Å². The van der Waals surface area contributed by atoms with Gasteiger partial charge in [0.1, 0.15) is 0 Å². The molecule has 5 heteroatoms. The van der Waals surface area contributed by atoms with Gasteiger partial charge in [0, 0.05) is 31.5 Å². The highest BCUT2D eigenvalue weighted by molar-refractivity contribution is 5.89. The molecule has 2 amide bonds. The minimum atomic E-state index is -0.150. The predicted molar refractivity (Wildman–Crippen MR) is 84.5 cm³/mol. The fraction of sp³-hybridized carbons (Fsp3) is 0.562. The summed E-state index contributed by atoms with van der Waals surface area (Å²) >= 11 is 0. The number of rotatable bonds is 6. The molecular formula is C16H25N3O2. The van der Waals surface area contributed by atoms with Gasteiger partial charge < -0.3 is 20.7 Å². The van der Waals surface area contributed by atoms with Crippen LogP contribution in [0.5, 0.6) is 0 Å². The van der Waals surface area contributed by atoms with E-state index in [1.54, 1.807) is 0 Å². The zero-order valence-corrected chi connectivity index (χ0v) is 12.8. The van der Waals surface area contributed by atoms with Crippen molar-refractivity contribution in [2.75, 3.05) is 32.1 Å². The maximum atomic E-state index is 11.8. The van der Waals surface area contributed by atoms with Gasteiger partial charge in [0.2, 0.25) is 0 Å². The molecule has 0 saturated carbocycles. The summed E-state index contributed by atoms with van der Waals surface area (Å²) < 4.78 is 5.32. The van der Waals surface area contributed by atoms with Crippen LogP contribution in [-0.4, -0.2) is 32.8 Å². The van der Waals surface area contributed by atoms with E-state index < -0.39 is 0 Å². The lowest BCUT2D eigenvalue weighted by Crippen LogP contribution is -2.30. The Hall–Kier alpha value is -1.59. The predicted octanol–water partition coefficient (Wildman–Crippen LogP) is 2.52. The first kappa shape index (κ1) is 15.8. The number of amides is 2. The fourth-order valence-corrected chi connectivity index (χ4v) is 2.40. The van der Waals surface area contributed by atoms with Crippen molar-refractivity contribution in [3.63, 3.8) is 0 Å². The third-order valence-electron chi connectivity index (χ3n) is 3.96. The van der Waals surface area contributed by atoms with Gasteiger partial charge in [-0.2, -0.15) is 0 Å². The first-order valence-corrected chi connectivity index (χ1v) is 7.59. The number of urea groups is 1. The van der Waals surface area contributed by atoms with E-state index in [-0.39, 0.29) is 6.03 Å². The largest absolute Gasteiger partial charge is 0.381 e. The van der Waals surface area contributed by atoms with E-state index in [9.17, 15) is 4.79 Å². The Balaban J connectivity index is 1.71. The van der Waals surface area contributed by atoms with Crippen LogP contribution in [0.1, 0.15) is 31.4 Å². The molecule has 1 aliphatic rings. The van der Waals surface area contributed by atoms with Crippen LogP contribution in [0.25, 0.3) is 0 Å². The van der Waals surface area contributed by atoms with Crippen LogP contribution in [0, 0.1) is 5.92 Å². The van der Waals surface area contributed by atoms with Gasteiger partial charge >= 0.3 is 6.03 Å². The lowest BCUT2D eigenvalue weighted by atomic mass is 10.1. The van der Waals surface area contributed by atoms with Crippen molar-refractivity contribution in [3.05, 3.63) is 29.8 Å². The summed E-state index contributed by atoms with van der Waals surface area (Å²) in [6.07, 6.45) is 2.08. The summed E-state index contributed by atoms with van der Waals surface area (Å²) in [7, 11) is 1.93. The lowest BCUT2D eigenvalue weighted by Gasteiger charge is -2.12. The van der Waals surface area contributed by atoms with Gasteiger partial charge in [-0.15, -0.1) is 0 Å². The minimum Gasteiger partial charge on any atom is -0.381 e. The van der Waals surface area contributed by atoms with Crippen molar-refractivity contribution < 1.29 is 9.53 Å². The average Bonchev–Trinajstić information content (AvgIpc) is 3.00. The number of carbonyl (C=O) groups is 1. The highest BCUT2D eigenvalue weighted by atomic mass is 16.5. The normalized spacial score (nSPS) is 19.2. The third kappa shape index (κ3) is 5.02. The minimum absolute atomic E-state index is 0.150. The molecule has 1 heterocycles. The molecule has 21 heavy (non-hydrogen) atoms. The van der Waals surface area contributed by atoms with Crippen molar-refractivity contribution in [1.82, 2.24) is 10.6 Å². The summed E-state index contributed by atoms with van der Waals surface area (Å²) in [5.74, 6) is 0.590. The molecule has 0 aromatic heterocycles. The number of ether oxygens (including phenoxy) is 1. The van der Waals surface area contributed by atoms with E-state index in [2.05, 4.69) is 22.9 Å². The van der Waals surface area contributed by atoms with Crippen LogP contribution in [0.2, 0.25) is 0 Å². The average molecular weight is 291 g/mol. The fourth-order valence-electron chi connectivity index (χ4n) is 2.40. The number of hydrogen-bond acceptors (Lipinski definition) is 3. The second-order valence-electron chi connectivity index (χ2n) is 5.53. The lowest BCUT2D eigenvalue weighted by molar-refractivity contribution is 0.184. The highest BCUT2D eigenvalue weighted by Crippen LogP contribution is 2.16. The van der Waals surface area contributed by atoms with E-state index in [0.29, 0.717) is 18.5 Å². The summed E-state index contributed by atoms with van der Waals surface area (Å²) in [6.45, 7) is 4.47. The molecule has 1 aliphatic heterocycles. The van der Waals surface area contributed by atoms with E-state index >= 15 is 0 Å². The molecule has 2 rings (SSSR count). The van der Waals surface area contributed by atoms with Crippen molar-refractivity contribution in [2.45, 2.75) is 25.8 Å². The number of benzene rings is 1. The maximum absolute atomic E-state index is 11.8. The molecule has 1 aromatic carbocycles.